The fourth-order valence-electron chi connectivity index (χ4n) is 1.71. The highest BCUT2D eigenvalue weighted by molar-refractivity contribution is 7.85. The predicted molar refractivity (Wildman–Crippen MR) is 83.0 cm³/mol. The molecule has 2 rings (SSSR count). The van der Waals surface area contributed by atoms with E-state index in [9.17, 15) is 18.7 Å². The molecule has 1 saturated carbocycles. The van der Waals surface area contributed by atoms with Crippen LogP contribution >= 0.6 is 0 Å². The molecule has 1 aliphatic carbocycles. The van der Waals surface area contributed by atoms with Crippen molar-refractivity contribution < 1.29 is 13.5 Å². The molecule has 0 saturated heterocycles. The van der Waals surface area contributed by atoms with Crippen molar-refractivity contribution in [1.82, 2.24) is 4.98 Å². The molecule has 22 heavy (non-hydrogen) atoms. The van der Waals surface area contributed by atoms with Gasteiger partial charge < -0.3 is 0 Å². The van der Waals surface area contributed by atoms with Crippen LogP contribution in [0.15, 0.2) is 16.5 Å². The highest BCUT2D eigenvalue weighted by Crippen LogP contribution is 2.49. The van der Waals surface area contributed by atoms with Gasteiger partial charge in [0.15, 0.2) is 5.67 Å². The molecule has 1 atom stereocenters. The summed E-state index contributed by atoms with van der Waals surface area (Å²) < 4.78 is 29.7. The number of halogens is 1. The summed E-state index contributed by atoms with van der Waals surface area (Å²) in [5.74, 6) is 0. The van der Waals surface area contributed by atoms with Crippen molar-refractivity contribution in [3.05, 3.63) is 33.6 Å². The van der Waals surface area contributed by atoms with Crippen LogP contribution in [0, 0.1) is 10.1 Å². The summed E-state index contributed by atoms with van der Waals surface area (Å²) >= 11 is 0. The Morgan fingerprint density at radius 2 is 2.05 bits per heavy atom. The van der Waals surface area contributed by atoms with E-state index < -0.39 is 26.3 Å². The van der Waals surface area contributed by atoms with Crippen molar-refractivity contribution >= 4 is 22.4 Å². The molecule has 1 aliphatic rings. The molecular formula is C14H18FN3O3S. The molecule has 1 aromatic heterocycles. The largest absolute Gasteiger partial charge is 0.273 e. The van der Waals surface area contributed by atoms with E-state index in [0.717, 1.165) is 6.07 Å². The van der Waals surface area contributed by atoms with Crippen molar-refractivity contribution in [3.63, 3.8) is 0 Å². The second kappa shape index (κ2) is 5.49. The summed E-state index contributed by atoms with van der Waals surface area (Å²) in [5.41, 5.74) is -1.29. The number of rotatable bonds is 4. The van der Waals surface area contributed by atoms with Gasteiger partial charge in [-0.2, -0.15) is 4.40 Å². The summed E-state index contributed by atoms with van der Waals surface area (Å²) in [4.78, 5) is 14.6. The molecule has 0 amide bonds. The quantitative estimate of drug-likeness (QED) is 0.483. The van der Waals surface area contributed by atoms with Crippen LogP contribution in [0.25, 0.3) is 0 Å². The van der Waals surface area contributed by atoms with Gasteiger partial charge in [0, 0.05) is 12.1 Å². The lowest BCUT2D eigenvalue weighted by atomic mass is 10.1. The lowest BCUT2D eigenvalue weighted by molar-refractivity contribution is -0.385. The SMILES string of the molecule is C/C(=N\S(=O)C(C)(C)C)c1cc([N+](=O)[O-])cc(C2(F)CC2)n1. The van der Waals surface area contributed by atoms with Gasteiger partial charge >= 0.3 is 0 Å². The molecule has 8 heteroatoms. The summed E-state index contributed by atoms with van der Waals surface area (Å²) in [6.07, 6.45) is 0.620. The number of nitro groups is 1. The lowest BCUT2D eigenvalue weighted by Crippen LogP contribution is -2.21. The van der Waals surface area contributed by atoms with Crippen LogP contribution in [0.4, 0.5) is 10.1 Å². The van der Waals surface area contributed by atoms with Gasteiger partial charge in [-0.05, 0) is 40.5 Å². The first-order chi connectivity index (χ1) is 10.0. The maximum atomic E-state index is 14.2. The number of hydrogen-bond acceptors (Lipinski definition) is 4. The highest BCUT2D eigenvalue weighted by atomic mass is 32.2. The Hall–Kier alpha value is -1.70. The van der Waals surface area contributed by atoms with E-state index in [2.05, 4.69) is 9.38 Å². The van der Waals surface area contributed by atoms with E-state index >= 15 is 0 Å². The molecule has 0 spiro atoms. The Morgan fingerprint density at radius 1 is 1.45 bits per heavy atom. The Balaban J connectivity index is 2.46. The molecule has 6 nitrogen and oxygen atoms in total. The minimum atomic E-state index is -1.58. The third kappa shape index (κ3) is 3.55. The van der Waals surface area contributed by atoms with Gasteiger partial charge in [0.05, 0.1) is 26.8 Å². The van der Waals surface area contributed by atoms with Gasteiger partial charge in [0.25, 0.3) is 5.69 Å². The zero-order chi connectivity index (χ0) is 16.7. The standard InChI is InChI=1S/C14H18FN3O3S/c1-9(17-22(21)13(2,3)4)11-7-10(18(19)20)8-12(16-11)14(15)5-6-14/h7-8H,5-6H2,1-4H3/b17-9+. The van der Waals surface area contributed by atoms with Crippen LogP contribution in [0.2, 0.25) is 0 Å². The highest BCUT2D eigenvalue weighted by Gasteiger charge is 2.47. The first-order valence-corrected chi connectivity index (χ1v) is 7.97. The monoisotopic (exact) mass is 327 g/mol. The van der Waals surface area contributed by atoms with Crippen molar-refractivity contribution in [1.29, 1.82) is 0 Å². The minimum Gasteiger partial charge on any atom is -0.258 e. The molecule has 120 valence electrons. The Kier molecular flexibility index (Phi) is 4.16. The van der Waals surface area contributed by atoms with E-state index in [1.54, 1.807) is 27.7 Å². The number of alkyl halides is 1. The normalized spacial score (nSPS) is 18.9. The summed E-state index contributed by atoms with van der Waals surface area (Å²) in [5, 5.41) is 11.0. The molecule has 0 aromatic carbocycles. The van der Waals surface area contributed by atoms with Gasteiger partial charge in [0.2, 0.25) is 0 Å². The number of hydrogen-bond donors (Lipinski definition) is 0. The van der Waals surface area contributed by atoms with Crippen LogP contribution in [0.3, 0.4) is 0 Å². The maximum Gasteiger partial charge on any atom is 0.273 e. The Bertz CT molecular complexity index is 678. The number of aromatic nitrogens is 1. The molecule has 0 N–H and O–H groups in total. The van der Waals surface area contributed by atoms with E-state index in [-0.39, 0.29) is 17.1 Å². The molecule has 0 radical (unpaired) electrons. The van der Waals surface area contributed by atoms with E-state index in [1.165, 1.54) is 6.07 Å². The zero-order valence-electron chi connectivity index (χ0n) is 12.9. The predicted octanol–water partition coefficient (Wildman–Crippen LogP) is 3.22. The lowest BCUT2D eigenvalue weighted by Gasteiger charge is -2.14. The van der Waals surface area contributed by atoms with Gasteiger partial charge in [0.1, 0.15) is 11.0 Å². The third-order valence-corrected chi connectivity index (χ3v) is 4.77. The smallest absolute Gasteiger partial charge is 0.258 e. The van der Waals surface area contributed by atoms with Crippen LogP contribution < -0.4 is 0 Å². The fourth-order valence-corrected chi connectivity index (χ4v) is 2.33. The van der Waals surface area contributed by atoms with Crippen molar-refractivity contribution in [2.75, 3.05) is 0 Å². The molecule has 0 aliphatic heterocycles. The van der Waals surface area contributed by atoms with Gasteiger partial charge in [-0.3, -0.25) is 10.1 Å². The fraction of sp³-hybridized carbons (Fsp3) is 0.571. The minimum absolute atomic E-state index is 0.0489. The van der Waals surface area contributed by atoms with Crippen molar-refractivity contribution in [3.8, 4) is 0 Å². The topological polar surface area (TPSA) is 85.5 Å². The summed E-state index contributed by atoms with van der Waals surface area (Å²) in [7, 11) is -1.51. The van der Waals surface area contributed by atoms with Crippen LogP contribution in [0.5, 0.6) is 0 Å². The van der Waals surface area contributed by atoms with Crippen LogP contribution in [-0.4, -0.2) is 24.6 Å². The first kappa shape index (κ1) is 16.7. The average molecular weight is 327 g/mol. The number of nitrogens with zero attached hydrogens (tertiary/aromatic N) is 3. The molecular weight excluding hydrogens is 309 g/mol. The molecule has 1 aromatic rings. The van der Waals surface area contributed by atoms with Gasteiger partial charge in [-0.15, -0.1) is 0 Å². The van der Waals surface area contributed by atoms with E-state index in [4.69, 9.17) is 0 Å². The first-order valence-electron chi connectivity index (χ1n) is 6.86. The van der Waals surface area contributed by atoms with E-state index in [0.29, 0.717) is 18.6 Å². The van der Waals surface area contributed by atoms with E-state index in [1.807, 2.05) is 0 Å². The zero-order valence-corrected chi connectivity index (χ0v) is 13.7. The van der Waals surface area contributed by atoms with Gasteiger partial charge in [-0.1, -0.05) is 0 Å². The maximum absolute atomic E-state index is 14.2. The van der Waals surface area contributed by atoms with Gasteiger partial charge in [-0.25, -0.2) is 13.6 Å². The molecule has 1 heterocycles. The molecule has 1 fully saturated rings. The van der Waals surface area contributed by atoms with Crippen LogP contribution in [0.1, 0.15) is 51.9 Å². The molecule has 0 bridgehead atoms. The van der Waals surface area contributed by atoms with Crippen molar-refractivity contribution in [2.24, 2.45) is 4.40 Å². The Labute approximate surface area is 130 Å². The Morgan fingerprint density at radius 3 is 2.50 bits per heavy atom. The summed E-state index contributed by atoms with van der Waals surface area (Å²) in [6.45, 7) is 6.88. The number of pyridine rings is 1. The second-order valence-electron chi connectivity index (χ2n) is 6.36. The average Bonchev–Trinajstić information content (AvgIpc) is 3.16. The summed E-state index contributed by atoms with van der Waals surface area (Å²) in [6, 6.07) is 2.39. The third-order valence-electron chi connectivity index (χ3n) is 3.28. The van der Waals surface area contributed by atoms with Crippen molar-refractivity contribution in [2.45, 2.75) is 51.0 Å². The second-order valence-corrected chi connectivity index (χ2v) is 8.26. The molecule has 1 unspecified atom stereocenters. The van der Waals surface area contributed by atoms with Crippen LogP contribution in [-0.2, 0) is 16.7 Å².